The lowest BCUT2D eigenvalue weighted by atomic mass is 10.1. The second kappa shape index (κ2) is 6.02. The highest BCUT2D eigenvalue weighted by Crippen LogP contribution is 2.31. The molecule has 0 aromatic heterocycles. The molecule has 0 bridgehead atoms. The van der Waals surface area contributed by atoms with Crippen LogP contribution in [-0.4, -0.2) is 10.2 Å². The Morgan fingerprint density at radius 2 is 1.86 bits per heavy atom. The van der Waals surface area contributed by atoms with E-state index in [2.05, 4.69) is 82.8 Å². The third-order valence-electron chi connectivity index (χ3n) is 1.96. The second-order valence-electron chi connectivity index (χ2n) is 3.13. The van der Waals surface area contributed by atoms with Gasteiger partial charge in [0.1, 0.15) is 0 Å². The smallest absolute Gasteiger partial charge is 0.0352 e. The first-order chi connectivity index (χ1) is 6.56. The Labute approximate surface area is 118 Å². The number of aryl methyl sites for hydroxylation is 1. The Kier molecular flexibility index (Phi) is 5.68. The van der Waals surface area contributed by atoms with Crippen molar-refractivity contribution in [2.45, 2.75) is 18.2 Å². The lowest BCUT2D eigenvalue weighted by molar-refractivity contribution is 0.967. The standard InChI is InChI=1S/C10H10Br4/c1-6-2-3-7(4-8(12)5-11)10(14)9(6)13/h2-3,8H,4-5H2,1H3. The molecule has 1 aromatic carbocycles. The third kappa shape index (κ3) is 3.32. The number of halogens is 4. The maximum absolute atomic E-state index is 3.61. The molecule has 0 saturated carbocycles. The number of rotatable bonds is 3. The largest absolute Gasteiger partial charge is 0.0916 e. The van der Waals surface area contributed by atoms with Crippen molar-refractivity contribution in [1.82, 2.24) is 0 Å². The molecule has 78 valence electrons. The number of alkyl halides is 2. The second-order valence-corrected chi connectivity index (χ2v) is 6.65. The monoisotopic (exact) mass is 446 g/mol. The first-order valence-corrected chi connectivity index (χ1v) is 7.82. The summed E-state index contributed by atoms with van der Waals surface area (Å²) in [6.07, 6.45) is 1.02. The van der Waals surface area contributed by atoms with E-state index in [1.54, 1.807) is 0 Å². The molecule has 0 aliphatic carbocycles. The SMILES string of the molecule is Cc1ccc(CC(Br)CBr)c(Br)c1Br. The Morgan fingerprint density at radius 3 is 2.43 bits per heavy atom. The van der Waals surface area contributed by atoms with Gasteiger partial charge in [-0.2, -0.15) is 0 Å². The predicted molar refractivity (Wildman–Crippen MR) is 76.8 cm³/mol. The van der Waals surface area contributed by atoms with E-state index in [0.29, 0.717) is 4.83 Å². The van der Waals surface area contributed by atoms with Crippen LogP contribution in [0.25, 0.3) is 0 Å². The molecule has 0 N–H and O–H groups in total. The van der Waals surface area contributed by atoms with Gasteiger partial charge in [0, 0.05) is 19.1 Å². The fourth-order valence-corrected chi connectivity index (χ4v) is 2.71. The van der Waals surface area contributed by atoms with Crippen LogP contribution in [0.5, 0.6) is 0 Å². The van der Waals surface area contributed by atoms with Gasteiger partial charge >= 0.3 is 0 Å². The Balaban J connectivity index is 2.94. The van der Waals surface area contributed by atoms with Crippen LogP contribution in [0.4, 0.5) is 0 Å². The van der Waals surface area contributed by atoms with Crippen molar-refractivity contribution < 1.29 is 0 Å². The van der Waals surface area contributed by atoms with Gasteiger partial charge in [0.05, 0.1) is 0 Å². The first kappa shape index (κ1) is 13.2. The molecule has 0 fully saturated rings. The Bertz CT molecular complexity index is 322. The molecule has 1 aromatic rings. The zero-order chi connectivity index (χ0) is 10.7. The van der Waals surface area contributed by atoms with Gasteiger partial charge in [-0.25, -0.2) is 0 Å². The van der Waals surface area contributed by atoms with Gasteiger partial charge in [-0.1, -0.05) is 44.0 Å². The van der Waals surface area contributed by atoms with Crippen LogP contribution in [0.15, 0.2) is 21.1 Å². The van der Waals surface area contributed by atoms with E-state index < -0.39 is 0 Å². The van der Waals surface area contributed by atoms with Gasteiger partial charge in [0.15, 0.2) is 0 Å². The first-order valence-electron chi connectivity index (χ1n) is 4.19. The molecule has 1 atom stereocenters. The molecule has 0 aliphatic rings. The highest BCUT2D eigenvalue weighted by Gasteiger charge is 2.10. The van der Waals surface area contributed by atoms with Crippen LogP contribution in [0.1, 0.15) is 11.1 Å². The van der Waals surface area contributed by atoms with Crippen LogP contribution in [0, 0.1) is 6.92 Å². The van der Waals surface area contributed by atoms with E-state index >= 15 is 0 Å². The highest BCUT2D eigenvalue weighted by atomic mass is 79.9. The normalized spacial score (nSPS) is 12.9. The molecule has 1 rings (SSSR count). The van der Waals surface area contributed by atoms with E-state index in [1.165, 1.54) is 15.6 Å². The predicted octanol–water partition coefficient (Wildman–Crippen LogP) is 5.22. The van der Waals surface area contributed by atoms with Crippen molar-refractivity contribution >= 4 is 63.7 Å². The van der Waals surface area contributed by atoms with Crippen LogP contribution >= 0.6 is 63.7 Å². The Hall–Kier alpha value is 1.14. The average Bonchev–Trinajstić information content (AvgIpc) is 2.19. The lowest BCUT2D eigenvalue weighted by Crippen LogP contribution is -2.04. The number of hydrogen-bond acceptors (Lipinski definition) is 0. The molecule has 0 radical (unpaired) electrons. The maximum atomic E-state index is 3.61. The van der Waals surface area contributed by atoms with Crippen molar-refractivity contribution in [1.29, 1.82) is 0 Å². The van der Waals surface area contributed by atoms with Crippen LogP contribution in [0.3, 0.4) is 0 Å². The van der Waals surface area contributed by atoms with Crippen molar-refractivity contribution in [2.75, 3.05) is 5.33 Å². The third-order valence-corrected chi connectivity index (χ3v) is 6.72. The molecule has 0 nitrogen and oxygen atoms in total. The zero-order valence-electron chi connectivity index (χ0n) is 7.66. The quantitative estimate of drug-likeness (QED) is 0.555. The minimum atomic E-state index is 0.480. The van der Waals surface area contributed by atoms with Crippen LogP contribution in [-0.2, 0) is 6.42 Å². The van der Waals surface area contributed by atoms with Crippen LogP contribution in [0.2, 0.25) is 0 Å². The van der Waals surface area contributed by atoms with E-state index in [4.69, 9.17) is 0 Å². The summed E-state index contributed by atoms with van der Waals surface area (Å²) in [7, 11) is 0. The molecule has 0 heterocycles. The summed E-state index contributed by atoms with van der Waals surface area (Å²) in [5.74, 6) is 0. The Morgan fingerprint density at radius 1 is 1.21 bits per heavy atom. The summed E-state index contributed by atoms with van der Waals surface area (Å²) in [6.45, 7) is 2.09. The summed E-state index contributed by atoms with van der Waals surface area (Å²) in [6, 6.07) is 4.30. The van der Waals surface area contributed by atoms with Gasteiger partial charge in [-0.15, -0.1) is 0 Å². The summed E-state index contributed by atoms with van der Waals surface area (Å²) in [4.78, 5) is 0.480. The van der Waals surface area contributed by atoms with Gasteiger partial charge in [-0.05, 0) is 56.3 Å². The number of hydrogen-bond donors (Lipinski definition) is 0. The minimum Gasteiger partial charge on any atom is -0.0916 e. The molecular weight excluding hydrogens is 440 g/mol. The summed E-state index contributed by atoms with van der Waals surface area (Å²) < 4.78 is 2.33. The number of benzene rings is 1. The summed E-state index contributed by atoms with van der Waals surface area (Å²) in [5.41, 5.74) is 2.58. The van der Waals surface area contributed by atoms with Crippen molar-refractivity contribution in [3.63, 3.8) is 0 Å². The molecule has 0 saturated heterocycles. The van der Waals surface area contributed by atoms with E-state index in [1.807, 2.05) is 0 Å². The fourth-order valence-electron chi connectivity index (χ4n) is 1.14. The van der Waals surface area contributed by atoms with Gasteiger partial charge in [0.25, 0.3) is 0 Å². The minimum absolute atomic E-state index is 0.480. The lowest BCUT2D eigenvalue weighted by Gasteiger charge is -2.10. The van der Waals surface area contributed by atoms with Crippen molar-refractivity contribution in [3.05, 3.63) is 32.2 Å². The molecule has 14 heavy (non-hydrogen) atoms. The molecular formula is C10H10Br4. The van der Waals surface area contributed by atoms with Gasteiger partial charge < -0.3 is 0 Å². The molecule has 4 heteroatoms. The van der Waals surface area contributed by atoms with E-state index in [0.717, 1.165) is 16.2 Å². The fraction of sp³-hybridized carbons (Fsp3) is 0.400. The molecule has 0 spiro atoms. The van der Waals surface area contributed by atoms with Crippen molar-refractivity contribution in [2.24, 2.45) is 0 Å². The van der Waals surface area contributed by atoms with Crippen LogP contribution < -0.4 is 0 Å². The summed E-state index contributed by atoms with van der Waals surface area (Å²) in [5, 5.41) is 0.963. The molecule has 0 aliphatic heterocycles. The maximum Gasteiger partial charge on any atom is 0.0352 e. The van der Waals surface area contributed by atoms with Crippen molar-refractivity contribution in [3.8, 4) is 0 Å². The van der Waals surface area contributed by atoms with Gasteiger partial charge in [-0.3, -0.25) is 0 Å². The molecule has 0 amide bonds. The molecule has 1 unspecified atom stereocenters. The highest BCUT2D eigenvalue weighted by molar-refractivity contribution is 9.13. The zero-order valence-corrected chi connectivity index (χ0v) is 14.0. The van der Waals surface area contributed by atoms with Gasteiger partial charge in [0.2, 0.25) is 0 Å². The average molecular weight is 450 g/mol. The topological polar surface area (TPSA) is 0 Å². The summed E-state index contributed by atoms with van der Waals surface area (Å²) >= 11 is 14.2. The van der Waals surface area contributed by atoms with E-state index in [9.17, 15) is 0 Å². The van der Waals surface area contributed by atoms with E-state index in [-0.39, 0.29) is 0 Å².